The summed E-state index contributed by atoms with van der Waals surface area (Å²) in [6.07, 6.45) is -1.59. The van der Waals surface area contributed by atoms with E-state index in [0.717, 1.165) is 16.7 Å². The number of amides is 1. The molecule has 3 aromatic carbocycles. The van der Waals surface area contributed by atoms with E-state index >= 15 is 4.39 Å². The molecular formula is C47H57FN7O8P. The highest BCUT2D eigenvalue weighted by Gasteiger charge is 2.61. The zero-order valence-corrected chi connectivity index (χ0v) is 38.4. The molecule has 1 fully saturated rings. The molecule has 0 saturated carbocycles. The summed E-state index contributed by atoms with van der Waals surface area (Å²) in [7, 11) is 1.15. The number of alkyl halides is 1. The van der Waals surface area contributed by atoms with E-state index in [0.29, 0.717) is 11.5 Å². The molecule has 17 heteroatoms. The number of carbonyl (C=O) groups excluding carboxylic acids is 1. The van der Waals surface area contributed by atoms with Crippen LogP contribution in [0.5, 0.6) is 11.5 Å². The van der Waals surface area contributed by atoms with Crippen molar-refractivity contribution in [2.24, 2.45) is 5.92 Å². The number of aromatic amines is 1. The third kappa shape index (κ3) is 9.90. The van der Waals surface area contributed by atoms with Crippen LogP contribution in [0.1, 0.15) is 77.3 Å². The van der Waals surface area contributed by atoms with Gasteiger partial charge in [0.05, 0.1) is 46.3 Å². The quantitative estimate of drug-likeness (QED) is 0.0311. The van der Waals surface area contributed by atoms with E-state index in [1.165, 1.54) is 17.0 Å². The van der Waals surface area contributed by atoms with E-state index in [1.54, 1.807) is 28.1 Å². The van der Waals surface area contributed by atoms with Gasteiger partial charge in [0.15, 0.2) is 23.1 Å². The first-order valence-corrected chi connectivity index (χ1v) is 22.3. The van der Waals surface area contributed by atoms with Gasteiger partial charge in [0.1, 0.15) is 29.3 Å². The molecule has 1 saturated heterocycles. The number of aromatic nitrogens is 4. The van der Waals surface area contributed by atoms with Crippen LogP contribution in [0.4, 0.5) is 10.3 Å². The summed E-state index contributed by atoms with van der Waals surface area (Å²) in [6, 6.07) is 26.6. The highest BCUT2D eigenvalue weighted by molar-refractivity contribution is 7.44. The molecule has 0 bridgehead atoms. The number of nitriles is 1. The van der Waals surface area contributed by atoms with Crippen molar-refractivity contribution in [1.82, 2.24) is 24.2 Å². The third-order valence-corrected chi connectivity index (χ3v) is 13.0. The van der Waals surface area contributed by atoms with E-state index in [1.807, 2.05) is 111 Å². The summed E-state index contributed by atoms with van der Waals surface area (Å²) in [5, 5.41) is 12.1. The summed E-state index contributed by atoms with van der Waals surface area (Å²) < 4.78 is 60.8. The molecule has 5 atom stereocenters. The zero-order valence-electron chi connectivity index (χ0n) is 37.5. The predicted octanol–water partition coefficient (Wildman–Crippen LogP) is 8.58. The number of methoxy groups -OCH3 is 2. The van der Waals surface area contributed by atoms with Crippen LogP contribution in [0.15, 0.2) is 103 Å². The standard InChI is InChI=1S/C47H57FN7O8P/c1-10-25-46(48)40(63-64(61-27-14-26-49)55(31(4)5)32(6)7)38(62-44(46)54-29-50-39-41(54)51-45(53-43(39)57)52-42(56)30(2)3)28-60-47(33-15-12-11-13-16-33,34-17-21-36(58-8)22-18-34)35-19-23-37(59-9)24-20-35/h10-13,15-24,29-32,38,40,44H,1,14,25,27-28H2,2-9H3,(H2,51,52,53,56,57)/t38-,40-,44-,46-,64?/m1/s1. The molecule has 5 aromatic rings. The number of benzene rings is 3. The number of allylic oxidation sites excluding steroid dienone is 1. The van der Waals surface area contributed by atoms with Crippen molar-refractivity contribution in [3.63, 3.8) is 0 Å². The number of hydrogen-bond donors (Lipinski definition) is 2. The lowest BCUT2D eigenvalue weighted by Crippen LogP contribution is -2.47. The minimum Gasteiger partial charge on any atom is -0.497 e. The Morgan fingerprint density at radius 1 is 1.02 bits per heavy atom. The van der Waals surface area contributed by atoms with Crippen LogP contribution >= 0.6 is 8.53 Å². The number of H-pyrrole nitrogens is 1. The van der Waals surface area contributed by atoms with Gasteiger partial charge < -0.3 is 28.0 Å². The maximum atomic E-state index is 18.9. The third-order valence-electron chi connectivity index (χ3n) is 10.9. The topological polar surface area (TPSA) is 175 Å². The number of halogens is 1. The monoisotopic (exact) mass is 897 g/mol. The minimum absolute atomic E-state index is 0.0344. The number of imidazole rings is 1. The van der Waals surface area contributed by atoms with Crippen molar-refractivity contribution in [3.8, 4) is 17.6 Å². The molecule has 2 N–H and O–H groups in total. The molecule has 15 nitrogen and oxygen atoms in total. The number of fused-ring (bicyclic) bond motifs is 1. The first kappa shape index (κ1) is 47.9. The smallest absolute Gasteiger partial charge is 0.280 e. The summed E-state index contributed by atoms with van der Waals surface area (Å²) >= 11 is 0. The molecule has 1 aliphatic heterocycles. The predicted molar refractivity (Wildman–Crippen MR) is 243 cm³/mol. The van der Waals surface area contributed by atoms with Crippen molar-refractivity contribution < 1.29 is 37.2 Å². The number of rotatable bonds is 21. The van der Waals surface area contributed by atoms with Gasteiger partial charge in [-0.05, 0) is 68.7 Å². The van der Waals surface area contributed by atoms with E-state index in [-0.39, 0.29) is 61.2 Å². The summed E-state index contributed by atoms with van der Waals surface area (Å²) in [6.45, 7) is 15.1. The van der Waals surface area contributed by atoms with Gasteiger partial charge in [0.2, 0.25) is 11.9 Å². The van der Waals surface area contributed by atoms with Crippen LogP contribution in [0.2, 0.25) is 0 Å². The lowest BCUT2D eigenvalue weighted by molar-refractivity contribution is -0.118. The number of hydrogen-bond acceptors (Lipinski definition) is 12. The number of ether oxygens (including phenoxy) is 4. The Kier molecular flexibility index (Phi) is 15.7. The summed E-state index contributed by atoms with van der Waals surface area (Å²) in [4.78, 5) is 37.5. The van der Waals surface area contributed by atoms with Crippen molar-refractivity contribution in [3.05, 3.63) is 125 Å². The molecule has 64 heavy (non-hydrogen) atoms. The van der Waals surface area contributed by atoms with Crippen LogP contribution in [-0.4, -0.2) is 87.5 Å². The van der Waals surface area contributed by atoms with E-state index in [4.69, 9.17) is 28.0 Å². The molecular weight excluding hydrogens is 841 g/mol. The molecule has 1 aliphatic rings. The Balaban J connectivity index is 1.55. The minimum atomic E-state index is -2.43. The van der Waals surface area contributed by atoms with Gasteiger partial charge in [0, 0.05) is 24.4 Å². The fourth-order valence-corrected chi connectivity index (χ4v) is 9.72. The van der Waals surface area contributed by atoms with Crippen LogP contribution in [0, 0.1) is 17.2 Å². The summed E-state index contributed by atoms with van der Waals surface area (Å²) in [5.41, 5.74) is -2.28. The van der Waals surface area contributed by atoms with Gasteiger partial charge in [-0.2, -0.15) is 10.2 Å². The fourth-order valence-electron chi connectivity index (χ4n) is 7.91. The van der Waals surface area contributed by atoms with Crippen molar-refractivity contribution in [2.45, 2.75) is 96.2 Å². The van der Waals surface area contributed by atoms with E-state index < -0.39 is 49.7 Å². The van der Waals surface area contributed by atoms with Crippen LogP contribution in [0.3, 0.4) is 0 Å². The number of nitrogens with one attached hydrogen (secondary N) is 2. The Morgan fingerprint density at radius 3 is 2.14 bits per heavy atom. The Hall–Kier alpha value is -5.53. The number of anilines is 1. The van der Waals surface area contributed by atoms with Gasteiger partial charge >= 0.3 is 0 Å². The number of carbonyl (C=O) groups is 1. The van der Waals surface area contributed by atoms with E-state index in [2.05, 4.69) is 32.9 Å². The fraction of sp³-hybridized carbons (Fsp3) is 0.426. The average molecular weight is 898 g/mol. The van der Waals surface area contributed by atoms with Gasteiger partial charge in [-0.25, -0.2) is 14.0 Å². The molecule has 1 unspecified atom stereocenters. The highest BCUT2D eigenvalue weighted by Crippen LogP contribution is 2.55. The molecule has 6 rings (SSSR count). The lowest BCUT2D eigenvalue weighted by atomic mass is 9.80. The molecule has 0 spiro atoms. The molecule has 0 radical (unpaired) electrons. The first-order valence-electron chi connectivity index (χ1n) is 21.2. The zero-order chi connectivity index (χ0) is 46.2. The maximum absolute atomic E-state index is 18.9. The largest absolute Gasteiger partial charge is 0.497 e. The normalized spacial score (nSPS) is 19.3. The van der Waals surface area contributed by atoms with E-state index in [9.17, 15) is 14.9 Å². The molecule has 3 heterocycles. The Labute approximate surface area is 374 Å². The van der Waals surface area contributed by atoms with Crippen LogP contribution in [-0.2, 0) is 28.9 Å². The summed E-state index contributed by atoms with van der Waals surface area (Å²) in [5.74, 6) is 0.331. The maximum Gasteiger partial charge on any atom is 0.280 e. The van der Waals surface area contributed by atoms with Gasteiger partial charge in [-0.1, -0.05) is 74.5 Å². The van der Waals surface area contributed by atoms with Crippen molar-refractivity contribution >= 4 is 31.5 Å². The SMILES string of the molecule is C=CC[C@@]1(F)[C@H](OP(OCCC#N)N(C(C)C)C(C)C)[C@@H](COC(c2ccccc2)(c2ccc(OC)cc2)c2ccc(OC)cc2)O[C@H]1n1cnc2c(=O)[nH]c(NC(=O)C(C)C)nc21. The Bertz CT molecular complexity index is 2390. The first-order chi connectivity index (χ1) is 30.7. The highest BCUT2D eigenvalue weighted by atomic mass is 31.2. The van der Waals surface area contributed by atoms with Gasteiger partial charge in [-0.3, -0.25) is 24.5 Å². The molecule has 2 aromatic heterocycles. The molecule has 0 aliphatic carbocycles. The second-order valence-electron chi connectivity index (χ2n) is 16.2. The van der Waals surface area contributed by atoms with Crippen molar-refractivity contribution in [2.75, 3.05) is 32.8 Å². The number of nitrogens with zero attached hydrogens (tertiary/aromatic N) is 5. The van der Waals surface area contributed by atoms with Crippen molar-refractivity contribution in [1.29, 1.82) is 5.26 Å². The Morgan fingerprint density at radius 2 is 1.61 bits per heavy atom. The second-order valence-corrected chi connectivity index (χ2v) is 17.6. The molecule has 340 valence electrons. The molecule has 1 amide bonds. The van der Waals surface area contributed by atoms with Crippen LogP contribution in [0.25, 0.3) is 11.2 Å². The van der Waals surface area contributed by atoms with Gasteiger partial charge in [0.25, 0.3) is 14.1 Å². The van der Waals surface area contributed by atoms with Gasteiger partial charge in [-0.15, -0.1) is 6.58 Å². The average Bonchev–Trinajstić information content (AvgIpc) is 3.82. The lowest BCUT2D eigenvalue weighted by Gasteiger charge is -2.40. The second kappa shape index (κ2) is 21.0. The van der Waals surface area contributed by atoms with Crippen LogP contribution < -0.4 is 20.3 Å².